The van der Waals surface area contributed by atoms with Crippen molar-refractivity contribution in [3.8, 4) is 11.5 Å². The van der Waals surface area contributed by atoms with Gasteiger partial charge in [-0.1, -0.05) is 23.8 Å². The molecule has 2 aromatic carbocycles. The van der Waals surface area contributed by atoms with Crippen molar-refractivity contribution in [1.82, 2.24) is 0 Å². The van der Waals surface area contributed by atoms with E-state index in [0.29, 0.717) is 6.61 Å². The van der Waals surface area contributed by atoms with Crippen LogP contribution in [-0.4, -0.2) is 18.8 Å². The van der Waals surface area contributed by atoms with Gasteiger partial charge in [-0.2, -0.15) is 0 Å². The summed E-state index contributed by atoms with van der Waals surface area (Å²) in [6.45, 7) is 4.34. The van der Waals surface area contributed by atoms with E-state index in [1.807, 2.05) is 49.4 Å². The number of hydrogen-bond acceptors (Lipinski definition) is 3. The van der Waals surface area contributed by atoms with Crippen LogP contribution in [0.2, 0.25) is 0 Å². The Balaban J connectivity index is 1.96. The fraction of sp³-hybridized carbons (Fsp3) is 0.333. The molecular weight excluding hydrogens is 264 g/mol. The van der Waals surface area contributed by atoms with Crippen LogP contribution in [0.5, 0.6) is 11.5 Å². The topological polar surface area (TPSA) is 38.7 Å². The Bertz CT molecular complexity index is 574. The van der Waals surface area contributed by atoms with Crippen LogP contribution in [0.3, 0.4) is 0 Å². The number of ether oxygens (including phenoxy) is 2. The van der Waals surface area contributed by atoms with Gasteiger partial charge in [0.25, 0.3) is 0 Å². The number of hydrogen-bond donors (Lipinski definition) is 1. The third kappa shape index (κ3) is 4.23. The molecule has 0 saturated carbocycles. The van der Waals surface area contributed by atoms with Crippen LogP contribution in [0.1, 0.15) is 29.7 Å². The molecule has 2 rings (SSSR count). The molecule has 0 amide bonds. The van der Waals surface area contributed by atoms with Crippen molar-refractivity contribution in [2.75, 3.05) is 13.7 Å². The Morgan fingerprint density at radius 1 is 1.10 bits per heavy atom. The van der Waals surface area contributed by atoms with Crippen molar-refractivity contribution >= 4 is 0 Å². The van der Waals surface area contributed by atoms with Gasteiger partial charge in [-0.25, -0.2) is 0 Å². The highest BCUT2D eigenvalue weighted by Crippen LogP contribution is 2.26. The molecule has 1 atom stereocenters. The van der Waals surface area contributed by atoms with Gasteiger partial charge in [0.1, 0.15) is 11.5 Å². The second-order valence-electron chi connectivity index (χ2n) is 5.16. The molecule has 3 nitrogen and oxygen atoms in total. The highest BCUT2D eigenvalue weighted by Gasteiger charge is 2.09. The molecule has 0 aliphatic heterocycles. The first-order valence-electron chi connectivity index (χ1n) is 7.14. The molecular formula is C18H22O3. The first kappa shape index (κ1) is 15.4. The van der Waals surface area contributed by atoms with E-state index >= 15 is 0 Å². The predicted molar refractivity (Wildman–Crippen MR) is 84.0 cm³/mol. The summed E-state index contributed by atoms with van der Waals surface area (Å²) >= 11 is 0. The summed E-state index contributed by atoms with van der Waals surface area (Å²) in [6.07, 6.45) is 0.290. The third-order valence-corrected chi connectivity index (χ3v) is 3.42. The van der Waals surface area contributed by atoms with Crippen molar-refractivity contribution in [3.05, 3.63) is 59.2 Å². The lowest BCUT2D eigenvalue weighted by Crippen LogP contribution is -2.05. The fourth-order valence-corrected chi connectivity index (χ4v) is 2.20. The van der Waals surface area contributed by atoms with Crippen LogP contribution in [-0.2, 0) is 6.42 Å². The summed E-state index contributed by atoms with van der Waals surface area (Å²) in [6, 6.07) is 13.8. The minimum Gasteiger partial charge on any atom is -0.497 e. The predicted octanol–water partition coefficient (Wildman–Crippen LogP) is 3.68. The van der Waals surface area contributed by atoms with Crippen LogP contribution >= 0.6 is 0 Å². The monoisotopic (exact) mass is 286 g/mol. The molecule has 0 aliphatic rings. The van der Waals surface area contributed by atoms with Crippen molar-refractivity contribution in [3.63, 3.8) is 0 Å². The minimum absolute atomic E-state index is 0.527. The molecule has 0 heterocycles. The first-order chi connectivity index (χ1) is 10.1. The number of benzene rings is 2. The van der Waals surface area contributed by atoms with Crippen molar-refractivity contribution in [2.45, 2.75) is 26.4 Å². The molecule has 0 aliphatic carbocycles. The smallest absolute Gasteiger partial charge is 0.125 e. The van der Waals surface area contributed by atoms with Crippen LogP contribution in [0.4, 0.5) is 0 Å². The quantitative estimate of drug-likeness (QED) is 0.880. The Morgan fingerprint density at radius 2 is 1.81 bits per heavy atom. The molecule has 0 saturated heterocycles. The number of aliphatic hydroxyl groups is 1. The molecule has 0 aromatic heterocycles. The first-order valence-corrected chi connectivity index (χ1v) is 7.14. The number of rotatable bonds is 6. The maximum absolute atomic E-state index is 9.81. The molecule has 0 radical (unpaired) electrons. The maximum atomic E-state index is 9.81. The average Bonchev–Trinajstić information content (AvgIpc) is 2.49. The van der Waals surface area contributed by atoms with Gasteiger partial charge in [0.2, 0.25) is 0 Å². The highest BCUT2D eigenvalue weighted by atomic mass is 16.5. The van der Waals surface area contributed by atoms with Gasteiger partial charge in [-0.15, -0.1) is 0 Å². The summed E-state index contributed by atoms with van der Waals surface area (Å²) in [7, 11) is 1.66. The lowest BCUT2D eigenvalue weighted by atomic mass is 10.1. The Hall–Kier alpha value is -2.00. The normalized spacial score (nSPS) is 12.0. The number of aliphatic hydroxyl groups excluding tert-OH is 1. The molecule has 0 spiro atoms. The van der Waals surface area contributed by atoms with Gasteiger partial charge in [0, 0.05) is 12.0 Å². The van der Waals surface area contributed by atoms with Gasteiger partial charge in [0.05, 0.1) is 19.8 Å². The summed E-state index contributed by atoms with van der Waals surface area (Å²) in [5, 5.41) is 9.81. The van der Waals surface area contributed by atoms with Gasteiger partial charge in [-0.3, -0.25) is 0 Å². The molecule has 0 unspecified atom stereocenters. The van der Waals surface area contributed by atoms with E-state index in [4.69, 9.17) is 9.47 Å². The van der Waals surface area contributed by atoms with E-state index in [-0.39, 0.29) is 0 Å². The summed E-state index contributed by atoms with van der Waals surface area (Å²) < 4.78 is 11.0. The molecule has 112 valence electrons. The minimum atomic E-state index is -0.527. The molecule has 0 fully saturated rings. The second-order valence-corrected chi connectivity index (χ2v) is 5.16. The molecule has 1 N–H and O–H groups in total. The fourth-order valence-electron chi connectivity index (χ4n) is 2.20. The van der Waals surface area contributed by atoms with Gasteiger partial charge < -0.3 is 14.6 Å². The maximum Gasteiger partial charge on any atom is 0.125 e. The standard InChI is InChI=1S/C18H22O3/c1-13-4-9-18(17(12-13)14(2)19)21-11-10-15-5-7-16(20-3)8-6-15/h4-9,12,14,19H,10-11H2,1-3H3/t14-/m0/s1. The van der Waals surface area contributed by atoms with E-state index in [1.54, 1.807) is 14.0 Å². The van der Waals surface area contributed by atoms with E-state index in [9.17, 15) is 5.11 Å². The molecule has 2 aromatic rings. The lowest BCUT2D eigenvalue weighted by Gasteiger charge is -2.14. The van der Waals surface area contributed by atoms with Crippen LogP contribution in [0, 0.1) is 6.92 Å². The summed E-state index contributed by atoms with van der Waals surface area (Å²) in [4.78, 5) is 0. The second kappa shape index (κ2) is 7.14. The van der Waals surface area contributed by atoms with E-state index in [2.05, 4.69) is 0 Å². The van der Waals surface area contributed by atoms with Crippen LogP contribution < -0.4 is 9.47 Å². The van der Waals surface area contributed by atoms with E-state index in [1.165, 1.54) is 5.56 Å². The van der Waals surface area contributed by atoms with Crippen LogP contribution in [0.15, 0.2) is 42.5 Å². The van der Waals surface area contributed by atoms with Gasteiger partial charge in [-0.05, 0) is 43.7 Å². The number of aryl methyl sites for hydroxylation is 1. The molecule has 3 heteroatoms. The zero-order valence-corrected chi connectivity index (χ0v) is 12.8. The van der Waals surface area contributed by atoms with Gasteiger partial charge in [0.15, 0.2) is 0 Å². The van der Waals surface area contributed by atoms with Crippen molar-refractivity contribution in [1.29, 1.82) is 0 Å². The Kier molecular flexibility index (Phi) is 5.23. The van der Waals surface area contributed by atoms with E-state index in [0.717, 1.165) is 29.0 Å². The summed E-state index contributed by atoms with van der Waals surface area (Å²) in [5.74, 6) is 1.61. The summed E-state index contributed by atoms with van der Waals surface area (Å²) in [5.41, 5.74) is 3.15. The molecule has 0 bridgehead atoms. The third-order valence-electron chi connectivity index (χ3n) is 3.42. The van der Waals surface area contributed by atoms with Crippen molar-refractivity contribution < 1.29 is 14.6 Å². The largest absolute Gasteiger partial charge is 0.497 e. The number of methoxy groups -OCH3 is 1. The van der Waals surface area contributed by atoms with Gasteiger partial charge >= 0.3 is 0 Å². The zero-order valence-electron chi connectivity index (χ0n) is 12.8. The highest BCUT2D eigenvalue weighted by molar-refractivity contribution is 5.38. The zero-order chi connectivity index (χ0) is 15.2. The lowest BCUT2D eigenvalue weighted by molar-refractivity contribution is 0.191. The van der Waals surface area contributed by atoms with Crippen LogP contribution in [0.25, 0.3) is 0 Å². The average molecular weight is 286 g/mol. The van der Waals surface area contributed by atoms with Crippen molar-refractivity contribution in [2.24, 2.45) is 0 Å². The Labute approximate surface area is 126 Å². The molecule has 21 heavy (non-hydrogen) atoms. The SMILES string of the molecule is COc1ccc(CCOc2ccc(C)cc2[C@H](C)O)cc1. The van der Waals surface area contributed by atoms with E-state index < -0.39 is 6.10 Å². The Morgan fingerprint density at radius 3 is 2.43 bits per heavy atom.